The zero-order valence-electron chi connectivity index (χ0n) is 13.5. The van der Waals surface area contributed by atoms with Crippen LogP contribution < -0.4 is 5.56 Å². The lowest BCUT2D eigenvalue weighted by molar-refractivity contribution is 0.00578. The van der Waals surface area contributed by atoms with Gasteiger partial charge in [0.05, 0.1) is 11.2 Å². The lowest BCUT2D eigenvalue weighted by Crippen LogP contribution is -2.41. The van der Waals surface area contributed by atoms with E-state index in [9.17, 15) is 9.18 Å². The number of allylic oxidation sites excluding steroid dienone is 1. The Morgan fingerprint density at radius 3 is 2.45 bits per heavy atom. The Kier molecular flexibility index (Phi) is 3.57. The number of aromatic nitrogens is 1. The van der Waals surface area contributed by atoms with Gasteiger partial charge >= 0.3 is 7.12 Å². The summed E-state index contributed by atoms with van der Waals surface area (Å²) in [6.45, 7) is 7.60. The van der Waals surface area contributed by atoms with E-state index < -0.39 is 18.3 Å². The van der Waals surface area contributed by atoms with Crippen LogP contribution in [-0.2, 0) is 15.7 Å². The summed E-state index contributed by atoms with van der Waals surface area (Å²) in [7, 11) is -0.988. The van der Waals surface area contributed by atoms with E-state index in [-0.39, 0.29) is 11.3 Å². The first-order valence-electron chi connectivity index (χ1n) is 7.68. The number of hydrogen-bond acceptors (Lipinski definition) is 3. The fourth-order valence-electron chi connectivity index (χ4n) is 2.91. The van der Waals surface area contributed by atoms with Crippen LogP contribution in [0.4, 0.5) is 4.39 Å². The van der Waals surface area contributed by atoms with Crippen molar-refractivity contribution in [1.82, 2.24) is 4.98 Å². The molecule has 1 aliphatic heterocycles. The van der Waals surface area contributed by atoms with Crippen molar-refractivity contribution in [2.75, 3.05) is 0 Å². The minimum absolute atomic E-state index is 0.156. The van der Waals surface area contributed by atoms with Crippen molar-refractivity contribution in [3.63, 3.8) is 0 Å². The summed E-state index contributed by atoms with van der Waals surface area (Å²) in [5.41, 5.74) is 0.452. The second-order valence-corrected chi connectivity index (χ2v) is 6.98. The van der Waals surface area contributed by atoms with Crippen molar-refractivity contribution in [2.24, 2.45) is 0 Å². The molecule has 1 aliphatic carbocycles. The van der Waals surface area contributed by atoms with Gasteiger partial charge in [-0.15, -0.1) is 0 Å². The number of fused-ring (bicyclic) bond motifs is 1. The summed E-state index contributed by atoms with van der Waals surface area (Å²) in [5, 5.41) is 0. The first-order valence-corrected chi connectivity index (χ1v) is 7.68. The lowest BCUT2D eigenvalue weighted by atomic mass is 9.79. The molecule has 22 heavy (non-hydrogen) atoms. The SMILES string of the molecule is CC1(C)OB(C(F)=C2CCCc3[nH]c(=O)ccc32)OC1(C)C. The van der Waals surface area contributed by atoms with Crippen molar-refractivity contribution in [3.8, 4) is 0 Å². The maximum Gasteiger partial charge on any atom is 0.525 e. The molecule has 1 aromatic heterocycles. The van der Waals surface area contributed by atoms with Crippen molar-refractivity contribution in [1.29, 1.82) is 0 Å². The van der Waals surface area contributed by atoms with Crippen LogP contribution in [0, 0.1) is 0 Å². The van der Waals surface area contributed by atoms with Crippen LogP contribution in [0.1, 0.15) is 51.8 Å². The van der Waals surface area contributed by atoms with Crippen molar-refractivity contribution >= 4 is 12.7 Å². The van der Waals surface area contributed by atoms with Crippen LogP contribution in [0.3, 0.4) is 0 Å². The second-order valence-electron chi connectivity index (χ2n) is 6.98. The van der Waals surface area contributed by atoms with E-state index in [1.54, 1.807) is 6.07 Å². The first kappa shape index (κ1) is 15.5. The average Bonchev–Trinajstić information content (AvgIpc) is 2.65. The molecule has 0 atom stereocenters. The predicted molar refractivity (Wildman–Crippen MR) is 84.1 cm³/mol. The molecule has 1 fully saturated rings. The number of nitrogens with one attached hydrogen (secondary N) is 1. The normalized spacial score (nSPS) is 25.0. The molecule has 0 radical (unpaired) electrons. The number of rotatable bonds is 1. The molecule has 0 spiro atoms. The Morgan fingerprint density at radius 2 is 1.82 bits per heavy atom. The van der Waals surface area contributed by atoms with Gasteiger partial charge in [-0.25, -0.2) is 4.39 Å². The summed E-state index contributed by atoms with van der Waals surface area (Å²) in [4.78, 5) is 14.2. The van der Waals surface area contributed by atoms with Gasteiger partial charge in [0.25, 0.3) is 0 Å². The smallest absolute Gasteiger partial charge is 0.398 e. The highest BCUT2D eigenvalue weighted by Crippen LogP contribution is 2.41. The summed E-state index contributed by atoms with van der Waals surface area (Å²) < 4.78 is 26.6. The Balaban J connectivity index is 2.01. The third-order valence-electron chi connectivity index (χ3n) is 4.93. The highest BCUT2D eigenvalue weighted by Gasteiger charge is 2.53. The van der Waals surface area contributed by atoms with E-state index in [1.165, 1.54) is 6.07 Å². The fraction of sp³-hybridized carbons (Fsp3) is 0.562. The monoisotopic (exact) mass is 305 g/mol. The Labute approximate surface area is 129 Å². The van der Waals surface area contributed by atoms with Gasteiger partial charge in [0.1, 0.15) is 5.73 Å². The third-order valence-corrected chi connectivity index (χ3v) is 4.93. The summed E-state index contributed by atoms with van der Waals surface area (Å²) >= 11 is 0. The molecule has 0 amide bonds. The predicted octanol–water partition coefficient (Wildman–Crippen LogP) is 3.02. The van der Waals surface area contributed by atoms with Crippen LogP contribution in [0.2, 0.25) is 0 Å². The molecule has 1 aromatic rings. The molecule has 118 valence electrons. The van der Waals surface area contributed by atoms with E-state index in [1.807, 2.05) is 27.7 Å². The van der Waals surface area contributed by atoms with Gasteiger partial charge in [-0.05, 0) is 64.2 Å². The van der Waals surface area contributed by atoms with E-state index in [4.69, 9.17) is 9.31 Å². The molecule has 0 bridgehead atoms. The van der Waals surface area contributed by atoms with Crippen molar-refractivity contribution < 1.29 is 13.7 Å². The van der Waals surface area contributed by atoms with Crippen LogP contribution in [0.15, 0.2) is 22.7 Å². The first-order chi connectivity index (χ1) is 10.2. The molecular weight excluding hydrogens is 284 g/mol. The van der Waals surface area contributed by atoms with Gasteiger partial charge in [-0.2, -0.15) is 0 Å². The topological polar surface area (TPSA) is 51.3 Å². The molecule has 1 N–H and O–H groups in total. The average molecular weight is 305 g/mol. The van der Waals surface area contributed by atoms with Crippen LogP contribution in [0.5, 0.6) is 0 Å². The van der Waals surface area contributed by atoms with Gasteiger partial charge in [0, 0.05) is 11.8 Å². The maximum absolute atomic E-state index is 15.0. The number of H-pyrrole nitrogens is 1. The van der Waals surface area contributed by atoms with Gasteiger partial charge in [0.2, 0.25) is 5.56 Å². The molecule has 0 aromatic carbocycles. The number of hydrogen-bond donors (Lipinski definition) is 1. The number of halogens is 1. The Morgan fingerprint density at radius 1 is 1.18 bits per heavy atom. The molecular formula is C16H21BFNO3. The number of aryl methyl sites for hydroxylation is 1. The van der Waals surface area contributed by atoms with Gasteiger partial charge in [-0.3, -0.25) is 4.79 Å². The fourth-order valence-corrected chi connectivity index (χ4v) is 2.91. The lowest BCUT2D eigenvalue weighted by Gasteiger charge is -2.32. The van der Waals surface area contributed by atoms with E-state index in [2.05, 4.69) is 4.98 Å². The summed E-state index contributed by atoms with van der Waals surface area (Å²) in [6.07, 6.45) is 2.18. The minimum atomic E-state index is -0.988. The largest absolute Gasteiger partial charge is 0.525 e. The van der Waals surface area contributed by atoms with Gasteiger partial charge < -0.3 is 14.3 Å². The highest BCUT2D eigenvalue weighted by molar-refractivity contribution is 6.55. The number of aromatic amines is 1. The molecule has 0 saturated carbocycles. The van der Waals surface area contributed by atoms with E-state index in [0.29, 0.717) is 12.0 Å². The van der Waals surface area contributed by atoms with Crippen molar-refractivity contribution in [3.05, 3.63) is 39.5 Å². The maximum atomic E-state index is 15.0. The molecule has 1 saturated heterocycles. The number of pyridine rings is 1. The van der Waals surface area contributed by atoms with Crippen molar-refractivity contribution in [2.45, 2.75) is 58.2 Å². The quantitative estimate of drug-likeness (QED) is 0.811. The second kappa shape index (κ2) is 5.06. The Bertz CT molecular complexity index is 677. The third kappa shape index (κ3) is 2.44. The Hall–Kier alpha value is -1.40. The summed E-state index contributed by atoms with van der Waals surface area (Å²) in [5.74, 6) is 0. The van der Waals surface area contributed by atoms with Crippen LogP contribution in [-0.4, -0.2) is 23.3 Å². The standard InChI is InChI=1S/C16H21BFNO3/c1-15(2)16(3,4)22-17(21-15)14(18)11-6-5-7-12-10(11)8-9-13(20)19-12/h8-9H,5-7H2,1-4H3,(H,19,20). The molecule has 0 unspecified atom stereocenters. The minimum Gasteiger partial charge on any atom is -0.398 e. The molecule has 4 nitrogen and oxygen atoms in total. The van der Waals surface area contributed by atoms with Gasteiger partial charge in [0.15, 0.2) is 0 Å². The molecule has 3 rings (SSSR count). The summed E-state index contributed by atoms with van der Waals surface area (Å²) in [6, 6.07) is 3.12. The molecule has 6 heteroatoms. The molecule has 2 heterocycles. The zero-order valence-corrected chi connectivity index (χ0v) is 13.5. The van der Waals surface area contributed by atoms with Gasteiger partial charge in [-0.1, -0.05) is 0 Å². The van der Waals surface area contributed by atoms with E-state index >= 15 is 0 Å². The van der Waals surface area contributed by atoms with Crippen LogP contribution in [0.25, 0.3) is 5.57 Å². The zero-order chi connectivity index (χ0) is 16.1. The molecule has 2 aliphatic rings. The highest BCUT2D eigenvalue weighted by atomic mass is 19.1. The van der Waals surface area contributed by atoms with Crippen LogP contribution >= 0.6 is 0 Å². The van der Waals surface area contributed by atoms with E-state index in [0.717, 1.165) is 24.1 Å².